The first-order chi connectivity index (χ1) is 9.79. The number of amides is 1. The highest BCUT2D eigenvalue weighted by molar-refractivity contribution is 7.99. The number of carbonyl (C=O) groups is 1. The van der Waals surface area contributed by atoms with Crippen LogP contribution in [-0.4, -0.2) is 23.8 Å². The lowest BCUT2D eigenvalue weighted by atomic mass is 10.3. The summed E-state index contributed by atoms with van der Waals surface area (Å²) < 4.78 is 5.19. The standard InChI is InChI=1S/C15H16N2O2S/c1-19-13-7-3-2-6-12(13)17-14(18)9-11-20-15-8-4-5-10-16-15/h2-8,10H,9,11H2,1H3,(H,17,18). The summed E-state index contributed by atoms with van der Waals surface area (Å²) in [7, 11) is 1.59. The number of anilines is 1. The van der Waals surface area contributed by atoms with Crippen LogP contribution in [-0.2, 0) is 4.79 Å². The molecule has 0 saturated heterocycles. The van der Waals surface area contributed by atoms with E-state index < -0.39 is 0 Å². The number of rotatable bonds is 6. The minimum atomic E-state index is -0.0297. The van der Waals surface area contributed by atoms with Gasteiger partial charge in [-0.2, -0.15) is 0 Å². The Kier molecular flexibility index (Phi) is 5.43. The Bertz CT molecular complexity index is 561. The van der Waals surface area contributed by atoms with Crippen molar-refractivity contribution in [3.63, 3.8) is 0 Å². The van der Waals surface area contributed by atoms with E-state index in [-0.39, 0.29) is 5.91 Å². The van der Waals surface area contributed by atoms with Gasteiger partial charge in [0.1, 0.15) is 5.75 Å². The molecule has 1 aromatic carbocycles. The Labute approximate surface area is 122 Å². The minimum absolute atomic E-state index is 0.0297. The summed E-state index contributed by atoms with van der Waals surface area (Å²) in [6.45, 7) is 0. The number of ether oxygens (including phenoxy) is 1. The number of para-hydroxylation sites is 2. The molecule has 0 bridgehead atoms. The number of nitrogens with zero attached hydrogens (tertiary/aromatic N) is 1. The van der Waals surface area contributed by atoms with Crippen molar-refractivity contribution in [1.29, 1.82) is 0 Å². The molecule has 0 unspecified atom stereocenters. The molecule has 20 heavy (non-hydrogen) atoms. The molecule has 0 radical (unpaired) electrons. The van der Waals surface area contributed by atoms with Gasteiger partial charge in [-0.15, -0.1) is 11.8 Å². The van der Waals surface area contributed by atoms with Crippen LogP contribution in [0, 0.1) is 0 Å². The van der Waals surface area contributed by atoms with Crippen molar-refractivity contribution < 1.29 is 9.53 Å². The molecule has 0 fully saturated rings. The molecule has 0 aliphatic heterocycles. The highest BCUT2D eigenvalue weighted by atomic mass is 32.2. The topological polar surface area (TPSA) is 51.2 Å². The molecule has 5 heteroatoms. The van der Waals surface area contributed by atoms with Gasteiger partial charge in [0.2, 0.25) is 5.91 Å². The lowest BCUT2D eigenvalue weighted by molar-refractivity contribution is -0.115. The molecular formula is C15H16N2O2S. The number of methoxy groups -OCH3 is 1. The lowest BCUT2D eigenvalue weighted by Gasteiger charge is -2.09. The van der Waals surface area contributed by atoms with Gasteiger partial charge in [0, 0.05) is 18.4 Å². The normalized spacial score (nSPS) is 10.1. The van der Waals surface area contributed by atoms with Crippen LogP contribution in [0.25, 0.3) is 0 Å². The Morgan fingerprint density at radius 1 is 1.25 bits per heavy atom. The average Bonchev–Trinajstić information content (AvgIpc) is 2.49. The highest BCUT2D eigenvalue weighted by Gasteiger charge is 2.07. The van der Waals surface area contributed by atoms with Gasteiger partial charge in [0.15, 0.2) is 0 Å². The summed E-state index contributed by atoms with van der Waals surface area (Å²) in [6, 6.07) is 13.1. The maximum absolute atomic E-state index is 11.9. The van der Waals surface area contributed by atoms with E-state index in [1.54, 1.807) is 25.1 Å². The summed E-state index contributed by atoms with van der Waals surface area (Å²) in [5.41, 5.74) is 0.697. The van der Waals surface area contributed by atoms with E-state index in [1.165, 1.54) is 0 Å². The van der Waals surface area contributed by atoms with Crippen LogP contribution in [0.4, 0.5) is 5.69 Å². The molecule has 1 aromatic heterocycles. The number of hydrogen-bond donors (Lipinski definition) is 1. The van der Waals surface area contributed by atoms with E-state index in [1.807, 2.05) is 42.5 Å². The summed E-state index contributed by atoms with van der Waals surface area (Å²) in [5, 5.41) is 3.78. The van der Waals surface area contributed by atoms with Gasteiger partial charge in [-0.05, 0) is 24.3 Å². The quantitative estimate of drug-likeness (QED) is 0.829. The molecule has 0 saturated carbocycles. The zero-order valence-corrected chi connectivity index (χ0v) is 12.0. The van der Waals surface area contributed by atoms with Crippen molar-refractivity contribution >= 4 is 23.4 Å². The molecule has 2 aromatic rings. The van der Waals surface area contributed by atoms with Crippen LogP contribution >= 0.6 is 11.8 Å². The second-order valence-electron chi connectivity index (χ2n) is 4.01. The fraction of sp³-hybridized carbons (Fsp3) is 0.200. The molecule has 0 spiro atoms. The summed E-state index contributed by atoms with van der Waals surface area (Å²) in [6.07, 6.45) is 2.18. The van der Waals surface area contributed by atoms with E-state index in [0.29, 0.717) is 23.6 Å². The molecular weight excluding hydrogens is 272 g/mol. The molecule has 0 atom stereocenters. The van der Waals surface area contributed by atoms with Crippen LogP contribution in [0.5, 0.6) is 5.75 Å². The molecule has 0 aliphatic rings. The van der Waals surface area contributed by atoms with Crippen molar-refractivity contribution in [1.82, 2.24) is 4.98 Å². The summed E-state index contributed by atoms with van der Waals surface area (Å²) in [4.78, 5) is 16.1. The van der Waals surface area contributed by atoms with Crippen LogP contribution in [0.15, 0.2) is 53.7 Å². The Hall–Kier alpha value is -2.01. The third kappa shape index (κ3) is 4.28. The fourth-order valence-corrected chi connectivity index (χ4v) is 2.45. The molecule has 0 aliphatic carbocycles. The van der Waals surface area contributed by atoms with Gasteiger partial charge < -0.3 is 10.1 Å². The Morgan fingerprint density at radius 3 is 2.80 bits per heavy atom. The maximum atomic E-state index is 11.9. The number of hydrogen-bond acceptors (Lipinski definition) is 4. The lowest BCUT2D eigenvalue weighted by Crippen LogP contribution is -2.12. The number of thioether (sulfide) groups is 1. The molecule has 4 nitrogen and oxygen atoms in total. The van der Waals surface area contributed by atoms with Crippen LogP contribution < -0.4 is 10.1 Å². The number of aromatic nitrogens is 1. The zero-order chi connectivity index (χ0) is 14.2. The van der Waals surface area contributed by atoms with Gasteiger partial charge in [-0.3, -0.25) is 4.79 Å². The number of nitrogens with one attached hydrogen (secondary N) is 1. The van der Waals surface area contributed by atoms with Crippen LogP contribution in [0.1, 0.15) is 6.42 Å². The second-order valence-corrected chi connectivity index (χ2v) is 5.13. The van der Waals surface area contributed by atoms with Gasteiger partial charge in [-0.1, -0.05) is 18.2 Å². The van der Waals surface area contributed by atoms with Gasteiger partial charge in [0.25, 0.3) is 0 Å². The third-order valence-corrected chi connectivity index (χ3v) is 3.54. The summed E-state index contributed by atoms with van der Waals surface area (Å²) >= 11 is 1.57. The first kappa shape index (κ1) is 14.4. The molecule has 104 valence electrons. The van der Waals surface area contributed by atoms with Gasteiger partial charge >= 0.3 is 0 Å². The van der Waals surface area contributed by atoms with Crippen molar-refractivity contribution in [3.8, 4) is 5.75 Å². The smallest absolute Gasteiger partial charge is 0.225 e. The molecule has 1 heterocycles. The van der Waals surface area contributed by atoms with Crippen molar-refractivity contribution in [2.24, 2.45) is 0 Å². The Morgan fingerprint density at radius 2 is 2.05 bits per heavy atom. The maximum Gasteiger partial charge on any atom is 0.225 e. The van der Waals surface area contributed by atoms with Crippen molar-refractivity contribution in [2.45, 2.75) is 11.4 Å². The van der Waals surface area contributed by atoms with Gasteiger partial charge in [0.05, 0.1) is 17.8 Å². The predicted molar refractivity (Wildman–Crippen MR) is 81.2 cm³/mol. The van der Waals surface area contributed by atoms with Crippen molar-refractivity contribution in [3.05, 3.63) is 48.7 Å². The van der Waals surface area contributed by atoms with Crippen molar-refractivity contribution in [2.75, 3.05) is 18.2 Å². The Balaban J connectivity index is 1.81. The largest absolute Gasteiger partial charge is 0.495 e. The molecule has 1 amide bonds. The van der Waals surface area contributed by atoms with E-state index in [9.17, 15) is 4.79 Å². The zero-order valence-electron chi connectivity index (χ0n) is 11.2. The van der Waals surface area contributed by atoms with Crippen LogP contribution in [0.2, 0.25) is 0 Å². The third-order valence-electron chi connectivity index (χ3n) is 2.60. The summed E-state index contributed by atoms with van der Waals surface area (Å²) in [5.74, 6) is 1.33. The monoisotopic (exact) mass is 288 g/mol. The first-order valence-electron chi connectivity index (χ1n) is 6.26. The van der Waals surface area contributed by atoms with Crippen LogP contribution in [0.3, 0.4) is 0 Å². The molecule has 2 rings (SSSR count). The fourth-order valence-electron chi connectivity index (χ4n) is 1.64. The first-order valence-corrected chi connectivity index (χ1v) is 7.25. The highest BCUT2D eigenvalue weighted by Crippen LogP contribution is 2.23. The van der Waals surface area contributed by atoms with E-state index in [0.717, 1.165) is 5.03 Å². The SMILES string of the molecule is COc1ccccc1NC(=O)CCSc1ccccn1. The van der Waals surface area contributed by atoms with E-state index in [2.05, 4.69) is 10.3 Å². The number of pyridine rings is 1. The molecule has 1 N–H and O–H groups in total. The number of carbonyl (C=O) groups excluding carboxylic acids is 1. The average molecular weight is 288 g/mol. The second kappa shape index (κ2) is 7.55. The van der Waals surface area contributed by atoms with E-state index in [4.69, 9.17) is 4.74 Å². The minimum Gasteiger partial charge on any atom is -0.495 e. The van der Waals surface area contributed by atoms with E-state index >= 15 is 0 Å². The number of benzene rings is 1. The van der Waals surface area contributed by atoms with Gasteiger partial charge in [-0.25, -0.2) is 4.98 Å². The predicted octanol–water partition coefficient (Wildman–Crippen LogP) is 3.21.